The van der Waals surface area contributed by atoms with Crippen LogP contribution < -0.4 is 24.8 Å². The lowest BCUT2D eigenvalue weighted by atomic mass is 10.0. The molecule has 0 bridgehead atoms. The van der Waals surface area contributed by atoms with E-state index in [1.165, 1.54) is 0 Å². The standard InChI is InChI=1S/C26H25ClN2O6/c27-21-9-5-4-8-20(21)26(32)29-22(17-6-2-1-3-7-17)13-25(31)28-14-18(30)15-33-19-10-11-23-24(12-19)35-16-34-23/h1-12,18,22,30H,13-16H2,(H,28,31)(H,29,32). The van der Waals surface area contributed by atoms with E-state index in [2.05, 4.69) is 10.6 Å². The lowest BCUT2D eigenvalue weighted by Crippen LogP contribution is -2.38. The minimum atomic E-state index is -0.933. The quantitative estimate of drug-likeness (QED) is 0.397. The number of hydrogen-bond donors (Lipinski definition) is 3. The molecule has 2 unspecified atom stereocenters. The van der Waals surface area contributed by atoms with Gasteiger partial charge in [-0.3, -0.25) is 9.59 Å². The van der Waals surface area contributed by atoms with Crippen LogP contribution in [0.3, 0.4) is 0 Å². The zero-order valence-corrected chi connectivity index (χ0v) is 19.5. The van der Waals surface area contributed by atoms with Crippen LogP contribution in [0.5, 0.6) is 17.2 Å². The molecular formula is C26H25ClN2O6. The maximum atomic E-state index is 12.8. The van der Waals surface area contributed by atoms with E-state index in [4.69, 9.17) is 25.8 Å². The fourth-order valence-corrected chi connectivity index (χ4v) is 3.75. The van der Waals surface area contributed by atoms with Gasteiger partial charge in [0.15, 0.2) is 11.5 Å². The van der Waals surface area contributed by atoms with E-state index >= 15 is 0 Å². The topological polar surface area (TPSA) is 106 Å². The van der Waals surface area contributed by atoms with Crippen molar-refractivity contribution in [3.8, 4) is 17.2 Å². The smallest absolute Gasteiger partial charge is 0.253 e. The van der Waals surface area contributed by atoms with E-state index < -0.39 is 12.1 Å². The monoisotopic (exact) mass is 496 g/mol. The minimum absolute atomic E-state index is 0.0106. The summed E-state index contributed by atoms with van der Waals surface area (Å²) in [7, 11) is 0. The Balaban J connectivity index is 1.30. The normalized spacial score (nSPS) is 13.5. The van der Waals surface area contributed by atoms with Crippen molar-refractivity contribution in [2.24, 2.45) is 0 Å². The molecule has 8 nitrogen and oxygen atoms in total. The van der Waals surface area contributed by atoms with Crippen LogP contribution in [0.25, 0.3) is 0 Å². The molecule has 0 saturated carbocycles. The molecule has 3 aromatic rings. The number of benzene rings is 3. The molecule has 4 rings (SSSR count). The third-order valence-corrected chi connectivity index (χ3v) is 5.67. The molecule has 0 saturated heterocycles. The van der Waals surface area contributed by atoms with E-state index in [0.29, 0.717) is 27.8 Å². The summed E-state index contributed by atoms with van der Waals surface area (Å²) in [5.41, 5.74) is 1.10. The first-order valence-electron chi connectivity index (χ1n) is 11.1. The number of fused-ring (bicyclic) bond motifs is 1. The van der Waals surface area contributed by atoms with Crippen LogP contribution in [0.1, 0.15) is 28.4 Å². The fraction of sp³-hybridized carbons (Fsp3) is 0.231. The summed E-state index contributed by atoms with van der Waals surface area (Å²) >= 11 is 6.15. The first-order valence-corrected chi connectivity index (χ1v) is 11.4. The van der Waals surface area contributed by atoms with Crippen LogP contribution in [-0.4, -0.2) is 43.0 Å². The van der Waals surface area contributed by atoms with Gasteiger partial charge in [0.2, 0.25) is 12.7 Å². The predicted octanol–water partition coefficient (Wildman–Crippen LogP) is 3.49. The van der Waals surface area contributed by atoms with Crippen molar-refractivity contribution in [3.05, 3.63) is 88.9 Å². The molecule has 2 atom stereocenters. The number of carbonyl (C=O) groups is 2. The number of hydrogen-bond acceptors (Lipinski definition) is 6. The second-order valence-electron chi connectivity index (χ2n) is 7.90. The molecule has 3 aromatic carbocycles. The number of carbonyl (C=O) groups excluding carboxylic acids is 2. The minimum Gasteiger partial charge on any atom is -0.491 e. The number of amides is 2. The summed E-state index contributed by atoms with van der Waals surface area (Å²) in [5.74, 6) is 1.02. The lowest BCUT2D eigenvalue weighted by Gasteiger charge is -2.20. The third-order valence-electron chi connectivity index (χ3n) is 5.34. The summed E-state index contributed by atoms with van der Waals surface area (Å²) in [4.78, 5) is 25.4. The number of ether oxygens (including phenoxy) is 3. The summed E-state index contributed by atoms with van der Waals surface area (Å²) in [6, 6.07) is 20.4. The van der Waals surface area contributed by atoms with Crippen molar-refractivity contribution in [1.82, 2.24) is 10.6 Å². The van der Waals surface area contributed by atoms with Gasteiger partial charge in [-0.05, 0) is 29.8 Å². The molecule has 35 heavy (non-hydrogen) atoms. The summed E-state index contributed by atoms with van der Waals surface area (Å²) in [6.45, 7) is 0.130. The second-order valence-corrected chi connectivity index (χ2v) is 8.31. The first-order chi connectivity index (χ1) is 17.0. The Morgan fingerprint density at radius 2 is 1.74 bits per heavy atom. The van der Waals surface area contributed by atoms with Gasteiger partial charge in [0.05, 0.1) is 23.0 Å². The van der Waals surface area contributed by atoms with Crippen LogP contribution in [0.2, 0.25) is 5.02 Å². The lowest BCUT2D eigenvalue weighted by molar-refractivity contribution is -0.122. The Kier molecular flexibility index (Phi) is 8.07. The SMILES string of the molecule is O=C(CC(NC(=O)c1ccccc1Cl)c1ccccc1)NCC(O)COc1ccc2c(c1)OCO2. The Morgan fingerprint density at radius 1 is 1.00 bits per heavy atom. The van der Waals surface area contributed by atoms with Gasteiger partial charge in [-0.2, -0.15) is 0 Å². The van der Waals surface area contributed by atoms with Crippen LogP contribution >= 0.6 is 11.6 Å². The Morgan fingerprint density at radius 3 is 2.54 bits per heavy atom. The largest absolute Gasteiger partial charge is 0.491 e. The molecule has 1 aliphatic rings. The van der Waals surface area contributed by atoms with Gasteiger partial charge in [-0.25, -0.2) is 0 Å². The Bertz CT molecular complexity index is 1170. The maximum absolute atomic E-state index is 12.8. The van der Waals surface area contributed by atoms with Crippen molar-refractivity contribution in [2.45, 2.75) is 18.6 Å². The molecule has 0 spiro atoms. The van der Waals surface area contributed by atoms with Crippen molar-refractivity contribution in [3.63, 3.8) is 0 Å². The average molecular weight is 497 g/mol. The molecule has 182 valence electrons. The van der Waals surface area contributed by atoms with Gasteiger partial charge >= 0.3 is 0 Å². The maximum Gasteiger partial charge on any atom is 0.253 e. The summed E-state index contributed by atoms with van der Waals surface area (Å²) in [5, 5.41) is 16.2. The second kappa shape index (κ2) is 11.6. The highest BCUT2D eigenvalue weighted by Gasteiger charge is 2.21. The van der Waals surface area contributed by atoms with Crippen molar-refractivity contribution in [1.29, 1.82) is 0 Å². The van der Waals surface area contributed by atoms with Gasteiger partial charge in [-0.15, -0.1) is 0 Å². The van der Waals surface area contributed by atoms with Gasteiger partial charge < -0.3 is 30.0 Å². The van der Waals surface area contributed by atoms with Gasteiger partial charge in [-0.1, -0.05) is 54.1 Å². The van der Waals surface area contributed by atoms with Crippen molar-refractivity contribution >= 4 is 23.4 Å². The molecule has 0 aromatic heterocycles. The Labute approximate surface area is 207 Å². The fourth-order valence-electron chi connectivity index (χ4n) is 3.53. The van der Waals surface area contributed by atoms with Crippen molar-refractivity contribution < 1.29 is 28.9 Å². The van der Waals surface area contributed by atoms with E-state index in [9.17, 15) is 14.7 Å². The molecule has 0 fully saturated rings. The van der Waals surface area contributed by atoms with Crippen LogP contribution in [-0.2, 0) is 4.79 Å². The van der Waals surface area contributed by atoms with Crippen molar-refractivity contribution in [2.75, 3.05) is 19.9 Å². The average Bonchev–Trinajstić information content (AvgIpc) is 3.34. The number of nitrogens with one attached hydrogen (secondary N) is 2. The number of aliphatic hydroxyl groups is 1. The molecule has 3 N–H and O–H groups in total. The molecule has 0 radical (unpaired) electrons. The highest BCUT2D eigenvalue weighted by molar-refractivity contribution is 6.33. The van der Waals surface area contributed by atoms with Gasteiger partial charge in [0, 0.05) is 12.6 Å². The highest BCUT2D eigenvalue weighted by Crippen LogP contribution is 2.35. The van der Waals surface area contributed by atoms with Crippen LogP contribution in [0.4, 0.5) is 0 Å². The molecule has 1 aliphatic heterocycles. The molecular weight excluding hydrogens is 472 g/mol. The summed E-state index contributed by atoms with van der Waals surface area (Å²) in [6.07, 6.45) is -0.951. The predicted molar refractivity (Wildman–Crippen MR) is 130 cm³/mol. The summed E-state index contributed by atoms with van der Waals surface area (Å²) < 4.78 is 16.1. The number of rotatable bonds is 10. The zero-order chi connectivity index (χ0) is 24.6. The highest BCUT2D eigenvalue weighted by atomic mass is 35.5. The van der Waals surface area contributed by atoms with E-state index in [0.717, 1.165) is 5.56 Å². The van der Waals surface area contributed by atoms with Gasteiger partial charge in [0.1, 0.15) is 18.5 Å². The molecule has 9 heteroatoms. The van der Waals surface area contributed by atoms with Crippen LogP contribution in [0, 0.1) is 0 Å². The van der Waals surface area contributed by atoms with E-state index in [1.807, 2.05) is 30.3 Å². The molecule has 0 aliphatic carbocycles. The zero-order valence-electron chi connectivity index (χ0n) is 18.8. The van der Waals surface area contributed by atoms with E-state index in [1.54, 1.807) is 42.5 Å². The Hall–Kier alpha value is -3.75. The molecule has 1 heterocycles. The number of aliphatic hydroxyl groups excluding tert-OH is 1. The first kappa shape index (κ1) is 24.4. The molecule has 2 amide bonds. The third kappa shape index (κ3) is 6.65. The van der Waals surface area contributed by atoms with Gasteiger partial charge in [0.25, 0.3) is 5.91 Å². The van der Waals surface area contributed by atoms with Crippen LogP contribution in [0.15, 0.2) is 72.8 Å². The number of halogens is 1. The van der Waals surface area contributed by atoms with E-state index in [-0.39, 0.29) is 38.2 Å².